The smallest absolute Gasteiger partial charge is 0.0629 e. The van der Waals surface area contributed by atoms with E-state index >= 15 is 0 Å². The van der Waals surface area contributed by atoms with Gasteiger partial charge in [-0.2, -0.15) is 0 Å². The van der Waals surface area contributed by atoms with Crippen molar-refractivity contribution in [2.75, 3.05) is 26.3 Å². The largest absolute Gasteiger partial charge is 0.317 e. The van der Waals surface area contributed by atoms with Crippen molar-refractivity contribution < 1.29 is 0 Å². The summed E-state index contributed by atoms with van der Waals surface area (Å²) in [6, 6.07) is 0. The lowest BCUT2D eigenvalue weighted by atomic mass is 9.90. The molecular weight excluding hydrogens is 126 g/mol. The van der Waals surface area contributed by atoms with E-state index < -0.39 is 0 Å². The van der Waals surface area contributed by atoms with E-state index in [-0.39, 0.29) is 0 Å². The minimum Gasteiger partial charge on any atom is -0.317 e. The average Bonchev–Trinajstić information content (AvgIpc) is 2.39. The van der Waals surface area contributed by atoms with Gasteiger partial charge in [-0.25, -0.2) is 5.32 Å². The van der Waals surface area contributed by atoms with Gasteiger partial charge in [0.1, 0.15) is 0 Å². The summed E-state index contributed by atoms with van der Waals surface area (Å²) < 4.78 is 0. The molecular formula is C7H14N3. The predicted molar refractivity (Wildman–Crippen MR) is 39.8 cm³/mol. The molecule has 57 valence electrons. The topological polar surface area (TPSA) is 38.2 Å². The highest BCUT2D eigenvalue weighted by molar-refractivity contribution is 4.97. The van der Waals surface area contributed by atoms with Gasteiger partial charge in [0.15, 0.2) is 0 Å². The highest BCUT2D eigenvalue weighted by atomic mass is 15.2. The molecule has 0 bridgehead atoms. The molecule has 0 aromatic heterocycles. The monoisotopic (exact) mass is 140 g/mol. The van der Waals surface area contributed by atoms with Crippen LogP contribution in [0, 0.1) is 0 Å². The second-order valence-electron chi connectivity index (χ2n) is 3.25. The summed E-state index contributed by atoms with van der Waals surface area (Å²) in [6.07, 6.45) is 2.49. The fraction of sp³-hybridized carbons (Fsp3) is 1.00. The number of hydrogen-bond donors (Lipinski definition) is 2. The lowest BCUT2D eigenvalue weighted by molar-refractivity contribution is 0.293. The first-order chi connectivity index (χ1) is 4.91. The molecule has 0 unspecified atom stereocenters. The summed E-state index contributed by atoms with van der Waals surface area (Å²) in [5, 5.41) is 11.1. The van der Waals surface area contributed by atoms with E-state index in [0.29, 0.717) is 5.54 Å². The summed E-state index contributed by atoms with van der Waals surface area (Å²) in [6.45, 7) is 4.22. The number of nitrogens with one attached hydrogen (secondary N) is 2. The quantitative estimate of drug-likeness (QED) is 0.466. The van der Waals surface area contributed by atoms with E-state index in [2.05, 4.69) is 16.0 Å². The lowest BCUT2D eigenvalue weighted by Crippen LogP contribution is -2.50. The molecule has 0 aromatic carbocycles. The minimum absolute atomic E-state index is 0.394. The Labute approximate surface area is 61.6 Å². The van der Waals surface area contributed by atoms with Crippen LogP contribution in [-0.2, 0) is 0 Å². The van der Waals surface area contributed by atoms with Gasteiger partial charge in [-0.15, -0.1) is 0 Å². The Hall–Kier alpha value is -0.120. The summed E-state index contributed by atoms with van der Waals surface area (Å²) >= 11 is 0. The van der Waals surface area contributed by atoms with Crippen LogP contribution in [0.3, 0.4) is 0 Å². The molecule has 0 aromatic rings. The molecule has 2 N–H and O–H groups in total. The molecule has 3 nitrogen and oxygen atoms in total. The van der Waals surface area contributed by atoms with E-state index in [4.69, 9.17) is 0 Å². The fourth-order valence-corrected chi connectivity index (χ4v) is 1.79. The molecule has 2 aliphatic rings. The predicted octanol–water partition coefficient (Wildman–Crippen LogP) is -0.726. The molecule has 2 rings (SSSR count). The van der Waals surface area contributed by atoms with Gasteiger partial charge < -0.3 is 5.32 Å². The number of rotatable bonds is 0. The third-order valence-corrected chi connectivity index (χ3v) is 2.54. The average molecular weight is 140 g/mol. The fourth-order valence-electron chi connectivity index (χ4n) is 1.79. The van der Waals surface area contributed by atoms with Crippen molar-refractivity contribution in [1.82, 2.24) is 16.0 Å². The van der Waals surface area contributed by atoms with Gasteiger partial charge in [0.25, 0.3) is 0 Å². The van der Waals surface area contributed by atoms with Gasteiger partial charge in [-0.05, 0) is 25.9 Å². The van der Waals surface area contributed by atoms with E-state index in [0.717, 1.165) is 26.3 Å². The van der Waals surface area contributed by atoms with Crippen molar-refractivity contribution in [2.45, 2.75) is 18.4 Å². The zero-order valence-corrected chi connectivity index (χ0v) is 6.19. The van der Waals surface area contributed by atoms with Gasteiger partial charge >= 0.3 is 0 Å². The Morgan fingerprint density at radius 1 is 1.20 bits per heavy atom. The van der Waals surface area contributed by atoms with Crippen LogP contribution >= 0.6 is 0 Å². The third-order valence-electron chi connectivity index (χ3n) is 2.54. The molecule has 10 heavy (non-hydrogen) atoms. The van der Waals surface area contributed by atoms with Crippen LogP contribution < -0.4 is 16.0 Å². The molecule has 0 saturated carbocycles. The van der Waals surface area contributed by atoms with Crippen LogP contribution in [0.5, 0.6) is 0 Å². The van der Waals surface area contributed by atoms with Crippen molar-refractivity contribution in [3.05, 3.63) is 0 Å². The molecule has 1 spiro atoms. The first kappa shape index (κ1) is 6.58. The maximum atomic E-state index is 4.32. The van der Waals surface area contributed by atoms with Crippen LogP contribution in [-0.4, -0.2) is 31.8 Å². The Morgan fingerprint density at radius 3 is 2.60 bits per heavy atom. The van der Waals surface area contributed by atoms with E-state index in [1.165, 1.54) is 12.8 Å². The van der Waals surface area contributed by atoms with E-state index in [9.17, 15) is 0 Å². The second kappa shape index (κ2) is 2.49. The Balaban J connectivity index is 1.98. The van der Waals surface area contributed by atoms with Crippen LogP contribution in [0.2, 0.25) is 0 Å². The normalized spacial score (nSPS) is 31.2. The number of nitrogens with zero attached hydrogens (tertiary/aromatic N) is 1. The molecule has 1 radical (unpaired) electrons. The first-order valence-electron chi connectivity index (χ1n) is 4.00. The molecule has 0 aliphatic carbocycles. The summed E-state index contributed by atoms with van der Waals surface area (Å²) in [5.74, 6) is 0. The standard InChI is InChI=1S/C7H14N3/c1-3-8-4-2-7(1)5-9-6-10-7/h8,10H,1-6H2. The second-order valence-corrected chi connectivity index (χ2v) is 3.25. The van der Waals surface area contributed by atoms with Crippen molar-refractivity contribution in [3.63, 3.8) is 0 Å². The zero-order valence-electron chi connectivity index (χ0n) is 6.19. The highest BCUT2D eigenvalue weighted by Gasteiger charge is 2.34. The van der Waals surface area contributed by atoms with Gasteiger partial charge in [0, 0.05) is 12.1 Å². The maximum Gasteiger partial charge on any atom is 0.0629 e. The zero-order chi connectivity index (χ0) is 6.86. The van der Waals surface area contributed by atoms with Gasteiger partial charge in [-0.1, -0.05) is 0 Å². The summed E-state index contributed by atoms with van der Waals surface area (Å²) in [5.41, 5.74) is 0.394. The van der Waals surface area contributed by atoms with Gasteiger partial charge in [-0.3, -0.25) is 5.32 Å². The van der Waals surface area contributed by atoms with E-state index in [1.54, 1.807) is 0 Å². The van der Waals surface area contributed by atoms with Crippen LogP contribution in [0.15, 0.2) is 0 Å². The van der Waals surface area contributed by atoms with Gasteiger partial charge in [0.2, 0.25) is 0 Å². The van der Waals surface area contributed by atoms with Gasteiger partial charge in [0.05, 0.1) is 6.67 Å². The molecule has 2 fully saturated rings. The van der Waals surface area contributed by atoms with Crippen LogP contribution in [0.4, 0.5) is 0 Å². The highest BCUT2D eigenvalue weighted by Crippen LogP contribution is 2.19. The van der Waals surface area contributed by atoms with Crippen molar-refractivity contribution >= 4 is 0 Å². The first-order valence-corrected chi connectivity index (χ1v) is 4.00. The minimum atomic E-state index is 0.394. The van der Waals surface area contributed by atoms with Crippen molar-refractivity contribution in [2.24, 2.45) is 0 Å². The number of hydrogen-bond acceptors (Lipinski definition) is 2. The van der Waals surface area contributed by atoms with Crippen LogP contribution in [0.25, 0.3) is 0 Å². The van der Waals surface area contributed by atoms with E-state index in [1.807, 2.05) is 0 Å². The maximum absolute atomic E-state index is 4.32. The molecule has 0 amide bonds. The third kappa shape index (κ3) is 1.05. The Kier molecular flexibility index (Phi) is 1.64. The van der Waals surface area contributed by atoms with Crippen molar-refractivity contribution in [1.29, 1.82) is 0 Å². The Bertz CT molecular complexity index is 110. The summed E-state index contributed by atoms with van der Waals surface area (Å²) in [7, 11) is 0. The Morgan fingerprint density at radius 2 is 2.00 bits per heavy atom. The van der Waals surface area contributed by atoms with Crippen molar-refractivity contribution in [3.8, 4) is 0 Å². The number of piperidine rings is 1. The molecule has 2 saturated heterocycles. The molecule has 0 atom stereocenters. The molecule has 2 heterocycles. The molecule has 2 aliphatic heterocycles. The summed E-state index contributed by atoms with van der Waals surface area (Å²) in [4.78, 5) is 0. The SMILES string of the molecule is C1CC2(CCN1)C[N]CN2. The van der Waals surface area contributed by atoms with Crippen LogP contribution in [0.1, 0.15) is 12.8 Å². The lowest BCUT2D eigenvalue weighted by Gasteiger charge is -2.32. The molecule has 3 heteroatoms.